The fourth-order valence-electron chi connectivity index (χ4n) is 3.41. The monoisotopic (exact) mass is 407 g/mol. The molecule has 1 saturated heterocycles. The minimum atomic E-state index is -0.364. The van der Waals surface area contributed by atoms with Crippen LogP contribution < -0.4 is 5.32 Å². The summed E-state index contributed by atoms with van der Waals surface area (Å²) in [7, 11) is 0. The molecule has 1 heterocycles. The van der Waals surface area contributed by atoms with Crippen molar-refractivity contribution in [2.24, 2.45) is 0 Å². The van der Waals surface area contributed by atoms with Crippen molar-refractivity contribution in [1.29, 1.82) is 0 Å². The molecular weight excluding hydrogens is 378 g/mol. The van der Waals surface area contributed by atoms with Gasteiger partial charge in [0.1, 0.15) is 0 Å². The van der Waals surface area contributed by atoms with Crippen LogP contribution in [0.3, 0.4) is 0 Å². The van der Waals surface area contributed by atoms with Gasteiger partial charge >= 0.3 is 12.0 Å². The number of carbonyl (C=O) groups is 2. The number of hydrogen-bond acceptors (Lipinski definition) is 4. The maximum absolute atomic E-state index is 12.7. The van der Waals surface area contributed by atoms with E-state index in [1.807, 2.05) is 35.2 Å². The van der Waals surface area contributed by atoms with Gasteiger partial charge in [-0.2, -0.15) is 0 Å². The molecule has 1 aliphatic heterocycles. The Labute approximate surface area is 178 Å². The number of nitrogens with one attached hydrogen (secondary N) is 1. The highest BCUT2D eigenvalue weighted by molar-refractivity contribution is 5.90. The van der Waals surface area contributed by atoms with Crippen LogP contribution in [-0.4, -0.2) is 54.6 Å². The highest BCUT2D eigenvalue weighted by Crippen LogP contribution is 2.14. The number of ether oxygens (including phenoxy) is 1. The summed E-state index contributed by atoms with van der Waals surface area (Å²) < 4.78 is 4.87. The molecule has 0 bridgehead atoms. The molecule has 30 heavy (non-hydrogen) atoms. The third-order valence-corrected chi connectivity index (χ3v) is 4.99. The summed E-state index contributed by atoms with van der Waals surface area (Å²) in [6.45, 7) is 6.34. The lowest BCUT2D eigenvalue weighted by Gasteiger charge is -2.22. The van der Waals surface area contributed by atoms with Gasteiger partial charge in [0.25, 0.3) is 0 Å². The zero-order chi connectivity index (χ0) is 21.2. The van der Waals surface area contributed by atoms with Crippen LogP contribution >= 0.6 is 0 Å². The van der Waals surface area contributed by atoms with Gasteiger partial charge in [-0.3, -0.25) is 4.90 Å². The number of benzene rings is 2. The largest absolute Gasteiger partial charge is 0.463 e. The first-order chi connectivity index (χ1) is 14.6. The molecule has 2 aromatic carbocycles. The first kappa shape index (κ1) is 21.6. The van der Waals surface area contributed by atoms with Crippen molar-refractivity contribution in [2.45, 2.75) is 19.9 Å². The lowest BCUT2D eigenvalue weighted by atomic mass is 10.2. The number of anilines is 1. The highest BCUT2D eigenvalue weighted by atomic mass is 16.5. The summed E-state index contributed by atoms with van der Waals surface area (Å²) in [5.41, 5.74) is 2.90. The molecule has 0 spiro atoms. The molecule has 158 valence electrons. The molecule has 2 aromatic rings. The van der Waals surface area contributed by atoms with E-state index in [-0.39, 0.29) is 12.0 Å². The quantitative estimate of drug-likeness (QED) is 0.581. The molecule has 0 aliphatic carbocycles. The minimum absolute atomic E-state index is 0.0774. The normalized spacial score (nSPS) is 15.0. The number of esters is 1. The Morgan fingerprint density at radius 2 is 1.77 bits per heavy atom. The maximum atomic E-state index is 12.7. The minimum Gasteiger partial charge on any atom is -0.463 e. The zero-order valence-corrected chi connectivity index (χ0v) is 17.4. The lowest BCUT2D eigenvalue weighted by molar-refractivity contribution is -0.137. The average Bonchev–Trinajstić information content (AvgIpc) is 3.00. The second-order valence-corrected chi connectivity index (χ2v) is 7.24. The van der Waals surface area contributed by atoms with Gasteiger partial charge < -0.3 is 15.0 Å². The van der Waals surface area contributed by atoms with Gasteiger partial charge in [-0.05, 0) is 42.7 Å². The van der Waals surface area contributed by atoms with Crippen molar-refractivity contribution < 1.29 is 14.3 Å². The Balaban J connectivity index is 1.49. The van der Waals surface area contributed by atoms with Gasteiger partial charge in [0.15, 0.2) is 0 Å². The van der Waals surface area contributed by atoms with E-state index < -0.39 is 0 Å². The van der Waals surface area contributed by atoms with Crippen LogP contribution in [0.4, 0.5) is 10.5 Å². The molecule has 0 saturated carbocycles. The van der Waals surface area contributed by atoms with Crippen LogP contribution in [0.2, 0.25) is 0 Å². The van der Waals surface area contributed by atoms with Gasteiger partial charge in [-0.25, -0.2) is 9.59 Å². The third-order valence-electron chi connectivity index (χ3n) is 4.99. The van der Waals surface area contributed by atoms with Crippen LogP contribution in [0.5, 0.6) is 0 Å². The van der Waals surface area contributed by atoms with Crippen LogP contribution in [-0.2, 0) is 16.1 Å². The van der Waals surface area contributed by atoms with E-state index in [1.54, 1.807) is 13.0 Å². The molecule has 1 fully saturated rings. The zero-order valence-electron chi connectivity index (χ0n) is 17.4. The Hall–Kier alpha value is -3.12. The number of hydrogen-bond donors (Lipinski definition) is 1. The van der Waals surface area contributed by atoms with Crippen molar-refractivity contribution in [3.05, 3.63) is 71.8 Å². The Morgan fingerprint density at radius 1 is 1.00 bits per heavy atom. The Morgan fingerprint density at radius 3 is 2.50 bits per heavy atom. The predicted octanol–water partition coefficient (Wildman–Crippen LogP) is 4.00. The fraction of sp³-hybridized carbons (Fsp3) is 0.333. The van der Waals surface area contributed by atoms with Crippen molar-refractivity contribution in [2.75, 3.05) is 38.1 Å². The van der Waals surface area contributed by atoms with Crippen molar-refractivity contribution in [1.82, 2.24) is 9.80 Å². The van der Waals surface area contributed by atoms with Gasteiger partial charge in [-0.15, -0.1) is 0 Å². The molecule has 1 N–H and O–H groups in total. The van der Waals surface area contributed by atoms with Crippen molar-refractivity contribution >= 4 is 23.8 Å². The summed E-state index contributed by atoms with van der Waals surface area (Å²) >= 11 is 0. The first-order valence-electron chi connectivity index (χ1n) is 10.4. The average molecular weight is 408 g/mol. The standard InChI is InChI=1S/C24H29N3O3/c1-2-30-23(28)14-11-20-9-12-22(13-10-20)25-24(29)27-16-6-15-26(17-18-27)19-21-7-4-3-5-8-21/h3-5,7-14H,2,6,15-19H2,1H3,(H,25,29)/b14-11+. The third kappa shape index (κ3) is 6.74. The summed E-state index contributed by atoms with van der Waals surface area (Å²) in [5.74, 6) is -0.364. The van der Waals surface area contributed by atoms with E-state index >= 15 is 0 Å². The van der Waals surface area contributed by atoms with Crippen LogP contribution in [0, 0.1) is 0 Å². The number of nitrogens with zero attached hydrogens (tertiary/aromatic N) is 2. The summed E-state index contributed by atoms with van der Waals surface area (Å²) in [6, 6.07) is 17.7. The summed E-state index contributed by atoms with van der Waals surface area (Å²) in [6.07, 6.45) is 4.05. The van der Waals surface area contributed by atoms with Gasteiger partial charge in [0, 0.05) is 44.5 Å². The SMILES string of the molecule is CCOC(=O)/C=C/c1ccc(NC(=O)N2CCCN(Cc3ccccc3)CC2)cc1. The van der Waals surface area contributed by atoms with E-state index in [0.29, 0.717) is 13.2 Å². The number of urea groups is 1. The summed E-state index contributed by atoms with van der Waals surface area (Å²) in [5, 5.41) is 2.97. The molecule has 3 rings (SSSR count). The van der Waals surface area contributed by atoms with Crippen molar-refractivity contribution in [3.63, 3.8) is 0 Å². The maximum Gasteiger partial charge on any atom is 0.330 e. The van der Waals surface area contributed by atoms with Gasteiger partial charge in [0.2, 0.25) is 0 Å². The van der Waals surface area contributed by atoms with Crippen molar-refractivity contribution in [3.8, 4) is 0 Å². The first-order valence-corrected chi connectivity index (χ1v) is 10.4. The molecule has 0 unspecified atom stereocenters. The van der Waals surface area contributed by atoms with E-state index in [9.17, 15) is 9.59 Å². The number of amides is 2. The smallest absolute Gasteiger partial charge is 0.330 e. The molecule has 1 aliphatic rings. The molecular formula is C24H29N3O3. The summed E-state index contributed by atoms with van der Waals surface area (Å²) in [4.78, 5) is 28.3. The molecule has 0 radical (unpaired) electrons. The predicted molar refractivity (Wildman–Crippen MR) is 119 cm³/mol. The highest BCUT2D eigenvalue weighted by Gasteiger charge is 2.19. The second-order valence-electron chi connectivity index (χ2n) is 7.24. The second kappa shape index (κ2) is 11.2. The van der Waals surface area contributed by atoms with Crippen LogP contribution in [0.25, 0.3) is 6.08 Å². The number of rotatable bonds is 6. The van der Waals surface area contributed by atoms with Crippen LogP contribution in [0.15, 0.2) is 60.7 Å². The molecule has 6 nitrogen and oxygen atoms in total. The lowest BCUT2D eigenvalue weighted by Crippen LogP contribution is -2.38. The van der Waals surface area contributed by atoms with Gasteiger partial charge in [0.05, 0.1) is 6.61 Å². The number of carbonyl (C=O) groups excluding carboxylic acids is 2. The molecule has 0 aromatic heterocycles. The fourth-order valence-corrected chi connectivity index (χ4v) is 3.41. The van der Waals surface area contributed by atoms with E-state index in [0.717, 1.165) is 43.9 Å². The molecule has 2 amide bonds. The topological polar surface area (TPSA) is 61.9 Å². The Bertz CT molecular complexity index is 850. The van der Waals surface area contributed by atoms with E-state index in [2.05, 4.69) is 34.5 Å². The Kier molecular flexibility index (Phi) is 8.03. The van der Waals surface area contributed by atoms with Crippen LogP contribution in [0.1, 0.15) is 24.5 Å². The molecule has 6 heteroatoms. The molecule has 0 atom stereocenters. The van der Waals surface area contributed by atoms with E-state index in [1.165, 1.54) is 11.6 Å². The van der Waals surface area contributed by atoms with E-state index in [4.69, 9.17) is 4.74 Å². The van der Waals surface area contributed by atoms with Gasteiger partial charge in [-0.1, -0.05) is 42.5 Å².